The first kappa shape index (κ1) is 23.0. The summed E-state index contributed by atoms with van der Waals surface area (Å²) in [4.78, 5) is 27.7. The minimum Gasteiger partial charge on any atom is -0.504 e. The van der Waals surface area contributed by atoms with E-state index in [1.807, 2.05) is 13.0 Å². The summed E-state index contributed by atoms with van der Waals surface area (Å²) in [7, 11) is 0. The highest BCUT2D eigenvalue weighted by molar-refractivity contribution is 6.18. The summed E-state index contributed by atoms with van der Waals surface area (Å²) in [5, 5.41) is 35.1. The van der Waals surface area contributed by atoms with Gasteiger partial charge in [-0.05, 0) is 35.7 Å². The second-order valence-electron chi connectivity index (χ2n) is 11.6. The van der Waals surface area contributed by atoms with Gasteiger partial charge in [-0.25, -0.2) is 0 Å². The predicted octanol–water partition coefficient (Wildman–Crippen LogP) is 4.52. The van der Waals surface area contributed by atoms with Crippen molar-refractivity contribution < 1.29 is 25.0 Å². The monoisotopic (exact) mass is 441 g/mol. The average molecular weight is 442 g/mol. The normalized spacial score (nSPS) is 43.2. The van der Waals surface area contributed by atoms with Gasteiger partial charge in [-0.15, -0.1) is 6.58 Å². The molecule has 32 heavy (non-hydrogen) atoms. The Hall–Kier alpha value is -2.21. The molecule has 0 spiro atoms. The number of ketones is 2. The van der Waals surface area contributed by atoms with E-state index in [1.54, 1.807) is 13.8 Å². The number of nitrogens with zero attached hydrogens (tertiary/aromatic N) is 1. The molecule has 0 bridgehead atoms. The van der Waals surface area contributed by atoms with Crippen molar-refractivity contribution in [2.75, 3.05) is 0 Å². The van der Waals surface area contributed by atoms with Gasteiger partial charge in [0.15, 0.2) is 11.5 Å². The summed E-state index contributed by atoms with van der Waals surface area (Å²) in [6.45, 7) is 15.5. The van der Waals surface area contributed by atoms with Crippen LogP contribution < -0.4 is 0 Å². The lowest BCUT2D eigenvalue weighted by Gasteiger charge is -2.57. The van der Waals surface area contributed by atoms with E-state index in [0.29, 0.717) is 23.1 Å². The van der Waals surface area contributed by atoms with E-state index in [1.165, 1.54) is 0 Å². The molecule has 6 nitrogen and oxygen atoms in total. The molecule has 6 atom stereocenters. The lowest BCUT2D eigenvalue weighted by molar-refractivity contribution is -0.128. The van der Waals surface area contributed by atoms with Crippen molar-refractivity contribution in [1.29, 1.82) is 0 Å². The first-order valence-electron chi connectivity index (χ1n) is 11.5. The Morgan fingerprint density at radius 2 is 1.75 bits per heavy atom. The molecule has 6 heteroatoms. The average Bonchev–Trinajstić information content (AvgIpc) is 2.98. The number of aliphatic hydroxyl groups is 2. The minimum absolute atomic E-state index is 0.0740. The highest BCUT2D eigenvalue weighted by Gasteiger charge is 2.67. The lowest BCUT2D eigenvalue weighted by Crippen LogP contribution is -2.58. The van der Waals surface area contributed by atoms with Crippen LogP contribution in [0.25, 0.3) is 0 Å². The van der Waals surface area contributed by atoms with Crippen LogP contribution in [0.3, 0.4) is 0 Å². The summed E-state index contributed by atoms with van der Waals surface area (Å²) >= 11 is 0. The molecule has 4 aliphatic rings. The first-order valence-corrected chi connectivity index (χ1v) is 11.5. The zero-order chi connectivity index (χ0) is 24.0. The summed E-state index contributed by atoms with van der Waals surface area (Å²) in [5.41, 5.74) is -1.74. The van der Waals surface area contributed by atoms with Gasteiger partial charge in [0.25, 0.3) is 0 Å². The van der Waals surface area contributed by atoms with E-state index in [2.05, 4.69) is 32.5 Å². The van der Waals surface area contributed by atoms with E-state index >= 15 is 0 Å². The Morgan fingerprint density at radius 3 is 2.31 bits per heavy atom. The molecular weight excluding hydrogens is 406 g/mol. The van der Waals surface area contributed by atoms with Gasteiger partial charge in [0.2, 0.25) is 5.78 Å². The second-order valence-corrected chi connectivity index (χ2v) is 11.6. The van der Waals surface area contributed by atoms with Crippen LogP contribution in [0.1, 0.15) is 67.2 Å². The lowest BCUT2D eigenvalue weighted by atomic mass is 9.45. The number of hydrogen-bond acceptors (Lipinski definition) is 6. The number of fused-ring (bicyclic) bond motifs is 4. The van der Waals surface area contributed by atoms with Crippen molar-refractivity contribution in [3.8, 4) is 0 Å². The molecule has 0 unspecified atom stereocenters. The first-order chi connectivity index (χ1) is 14.7. The SMILES string of the molecule is C=C[C@H](C)[C@@H]1CC[C@]2(C)C3=C(C(=O)C[C@]12C)[C@@]1(C)CC(=NO)[C@H](O)C(C)(C)C1=C(O)C3=O. The van der Waals surface area contributed by atoms with E-state index in [0.717, 1.165) is 12.8 Å². The molecule has 0 heterocycles. The molecule has 0 aliphatic heterocycles. The van der Waals surface area contributed by atoms with E-state index < -0.39 is 33.5 Å². The molecule has 0 aromatic heterocycles. The summed E-state index contributed by atoms with van der Waals surface area (Å²) in [5.74, 6) is -0.553. The number of oxime groups is 1. The third-order valence-corrected chi connectivity index (χ3v) is 9.74. The van der Waals surface area contributed by atoms with E-state index in [9.17, 15) is 25.0 Å². The Bertz CT molecular complexity index is 1030. The van der Waals surface area contributed by atoms with Gasteiger partial charge >= 0.3 is 0 Å². The maximum absolute atomic E-state index is 13.9. The predicted molar refractivity (Wildman–Crippen MR) is 121 cm³/mol. The standard InChI is InChI=1S/C26H35NO5/c1-8-13(2)14-9-10-25(6)18-17(16(28)12-26(14,25)7)24(5)11-15(27-32)22(31)23(3,4)21(24)20(30)19(18)29/h8,13-14,22,30-32H,1,9-12H2,2-7H3/t13-,14-,22-,24+,25+,26+/m0/s1. The highest BCUT2D eigenvalue weighted by atomic mass is 16.4. The quantitative estimate of drug-likeness (QED) is 0.332. The fraction of sp³-hybridized carbons (Fsp3) is 0.654. The van der Waals surface area contributed by atoms with Crippen LogP contribution in [0, 0.1) is 33.5 Å². The zero-order valence-electron chi connectivity index (χ0n) is 20.0. The summed E-state index contributed by atoms with van der Waals surface area (Å²) in [6.07, 6.45) is 2.76. The van der Waals surface area contributed by atoms with Crippen molar-refractivity contribution in [3.63, 3.8) is 0 Å². The molecule has 0 saturated heterocycles. The van der Waals surface area contributed by atoms with Crippen LogP contribution in [0.2, 0.25) is 0 Å². The van der Waals surface area contributed by atoms with E-state index in [-0.39, 0.29) is 35.5 Å². The number of hydrogen-bond donors (Lipinski definition) is 3. The third-order valence-electron chi connectivity index (χ3n) is 9.74. The molecule has 4 aliphatic carbocycles. The van der Waals surface area contributed by atoms with Crippen molar-refractivity contribution in [2.45, 2.75) is 73.3 Å². The smallest absolute Gasteiger partial charge is 0.224 e. The molecule has 0 aromatic rings. The number of Topliss-reactive ketones (excluding diaryl/α,β-unsaturated/α-hetero) is 2. The van der Waals surface area contributed by atoms with Gasteiger partial charge in [0.1, 0.15) is 6.10 Å². The Kier molecular flexibility index (Phi) is 4.78. The fourth-order valence-electron chi connectivity index (χ4n) is 7.90. The van der Waals surface area contributed by atoms with Gasteiger partial charge in [0.05, 0.1) is 5.71 Å². The van der Waals surface area contributed by atoms with Crippen molar-refractivity contribution >= 4 is 17.3 Å². The molecule has 4 rings (SSSR count). The molecule has 2 fully saturated rings. The highest BCUT2D eigenvalue weighted by Crippen LogP contribution is 2.70. The Labute approximate surface area is 189 Å². The van der Waals surface area contributed by atoms with Crippen LogP contribution >= 0.6 is 0 Å². The van der Waals surface area contributed by atoms with Crippen LogP contribution in [-0.4, -0.2) is 38.8 Å². The number of aliphatic hydroxyl groups excluding tert-OH is 2. The van der Waals surface area contributed by atoms with Crippen LogP contribution in [-0.2, 0) is 9.59 Å². The molecular formula is C26H35NO5. The van der Waals surface area contributed by atoms with Gasteiger partial charge in [-0.1, -0.05) is 52.8 Å². The number of allylic oxidation sites excluding steroid dienone is 3. The topological polar surface area (TPSA) is 107 Å². The Morgan fingerprint density at radius 1 is 1.12 bits per heavy atom. The summed E-state index contributed by atoms with van der Waals surface area (Å²) in [6, 6.07) is 0. The maximum atomic E-state index is 13.9. The largest absolute Gasteiger partial charge is 0.504 e. The fourth-order valence-corrected chi connectivity index (χ4v) is 7.90. The van der Waals surface area contributed by atoms with E-state index in [4.69, 9.17) is 0 Å². The summed E-state index contributed by atoms with van der Waals surface area (Å²) < 4.78 is 0. The second kappa shape index (κ2) is 6.66. The van der Waals surface area contributed by atoms with Crippen LogP contribution in [0.15, 0.2) is 40.3 Å². The molecule has 0 amide bonds. The number of carbonyl (C=O) groups excluding carboxylic acids is 2. The van der Waals surface area contributed by atoms with Crippen molar-refractivity contribution in [1.82, 2.24) is 0 Å². The van der Waals surface area contributed by atoms with Gasteiger partial charge in [0, 0.05) is 40.2 Å². The van der Waals surface area contributed by atoms with Crippen molar-refractivity contribution in [3.05, 3.63) is 35.1 Å². The van der Waals surface area contributed by atoms with Gasteiger partial charge in [-0.3, -0.25) is 9.59 Å². The van der Waals surface area contributed by atoms with Crippen LogP contribution in [0.4, 0.5) is 0 Å². The maximum Gasteiger partial charge on any atom is 0.224 e. The van der Waals surface area contributed by atoms with Gasteiger partial charge < -0.3 is 15.4 Å². The minimum atomic E-state index is -1.17. The molecule has 0 radical (unpaired) electrons. The Balaban J connectivity index is 2.01. The molecule has 2 saturated carbocycles. The third kappa shape index (κ3) is 2.42. The number of rotatable bonds is 2. The molecule has 3 N–H and O–H groups in total. The van der Waals surface area contributed by atoms with Gasteiger partial charge in [-0.2, -0.15) is 0 Å². The zero-order valence-corrected chi connectivity index (χ0v) is 20.0. The van der Waals surface area contributed by atoms with Crippen LogP contribution in [0.5, 0.6) is 0 Å². The van der Waals surface area contributed by atoms with Crippen molar-refractivity contribution in [2.24, 2.45) is 38.7 Å². The number of carbonyl (C=O) groups is 2. The molecule has 174 valence electrons. The molecule has 0 aromatic carbocycles.